The number of hydrogen-bond acceptors (Lipinski definition) is 3. The van der Waals surface area contributed by atoms with Crippen LogP contribution in [0.5, 0.6) is 0 Å². The third-order valence-electron chi connectivity index (χ3n) is 3.63. The van der Waals surface area contributed by atoms with Crippen molar-refractivity contribution >= 4 is 15.9 Å². The van der Waals surface area contributed by atoms with E-state index in [-0.39, 0.29) is 0 Å². The highest BCUT2D eigenvalue weighted by atomic mass is 79.9. The van der Waals surface area contributed by atoms with Gasteiger partial charge >= 0.3 is 0 Å². The van der Waals surface area contributed by atoms with Crippen LogP contribution in [-0.4, -0.2) is 20.8 Å². The highest BCUT2D eigenvalue weighted by Gasteiger charge is 2.24. The van der Waals surface area contributed by atoms with Crippen molar-refractivity contribution in [3.05, 3.63) is 46.5 Å². The van der Waals surface area contributed by atoms with Gasteiger partial charge in [-0.1, -0.05) is 28.1 Å². The van der Waals surface area contributed by atoms with Gasteiger partial charge in [-0.15, -0.1) is 0 Å². The topological polar surface area (TPSA) is 42.7 Å². The van der Waals surface area contributed by atoms with E-state index in [4.69, 9.17) is 0 Å². The van der Waals surface area contributed by atoms with Crippen LogP contribution in [0.1, 0.15) is 30.5 Å². The summed E-state index contributed by atoms with van der Waals surface area (Å²) in [6.07, 6.45) is 5.65. The third-order valence-corrected chi connectivity index (χ3v) is 4.37. The lowest BCUT2D eigenvalue weighted by Gasteiger charge is -2.20. The summed E-state index contributed by atoms with van der Waals surface area (Å²) in [7, 11) is 0. The molecule has 0 saturated heterocycles. The second-order valence-corrected chi connectivity index (χ2v) is 5.94. The molecule has 1 aromatic carbocycles. The molecular formula is C14H17BrN4. The Bertz CT molecular complexity index is 553. The Kier molecular flexibility index (Phi) is 3.66. The summed E-state index contributed by atoms with van der Waals surface area (Å²) >= 11 is 3.64. The van der Waals surface area contributed by atoms with Crippen LogP contribution in [0.25, 0.3) is 0 Å². The summed E-state index contributed by atoms with van der Waals surface area (Å²) < 4.78 is 3.10. The van der Waals surface area contributed by atoms with Gasteiger partial charge in [0.2, 0.25) is 0 Å². The van der Waals surface area contributed by atoms with Crippen LogP contribution in [0, 0.1) is 0 Å². The predicted octanol–water partition coefficient (Wildman–Crippen LogP) is 2.71. The van der Waals surface area contributed by atoms with Crippen molar-refractivity contribution in [3.63, 3.8) is 0 Å². The molecule has 1 heterocycles. The van der Waals surface area contributed by atoms with Gasteiger partial charge in [0.25, 0.3) is 0 Å². The lowest BCUT2D eigenvalue weighted by Crippen LogP contribution is -2.33. The van der Waals surface area contributed by atoms with Gasteiger partial charge in [-0.3, -0.25) is 4.68 Å². The molecule has 1 aromatic heterocycles. The zero-order valence-electron chi connectivity index (χ0n) is 10.9. The zero-order chi connectivity index (χ0) is 13.2. The van der Waals surface area contributed by atoms with Crippen LogP contribution in [-0.2, 0) is 13.0 Å². The van der Waals surface area contributed by atoms with E-state index >= 15 is 0 Å². The maximum absolute atomic E-state index is 4.15. The van der Waals surface area contributed by atoms with Gasteiger partial charge in [0, 0.05) is 16.6 Å². The minimum absolute atomic E-state index is 0.372. The molecular weight excluding hydrogens is 304 g/mol. The van der Waals surface area contributed by atoms with E-state index in [0.29, 0.717) is 12.1 Å². The molecule has 100 valence electrons. The lowest BCUT2D eigenvalue weighted by molar-refractivity contribution is 0.397. The minimum atomic E-state index is 0.372. The standard InChI is InChI=1S/C14H17BrN4/c1-10(7-19-9-16-8-17-19)18-14-6-5-11-12(14)3-2-4-13(11)15/h2-4,8-10,14,18H,5-7H2,1H3. The molecule has 19 heavy (non-hydrogen) atoms. The summed E-state index contributed by atoms with van der Waals surface area (Å²) in [4.78, 5) is 3.97. The van der Waals surface area contributed by atoms with Crippen LogP contribution < -0.4 is 5.32 Å². The molecule has 0 fully saturated rings. The summed E-state index contributed by atoms with van der Waals surface area (Å²) in [5.41, 5.74) is 2.88. The molecule has 2 aromatic rings. The van der Waals surface area contributed by atoms with Crippen molar-refractivity contribution < 1.29 is 0 Å². The number of nitrogens with zero attached hydrogens (tertiary/aromatic N) is 3. The number of rotatable bonds is 4. The molecule has 0 spiro atoms. The van der Waals surface area contributed by atoms with Crippen LogP contribution in [0.3, 0.4) is 0 Å². The minimum Gasteiger partial charge on any atom is -0.306 e. The molecule has 5 heteroatoms. The van der Waals surface area contributed by atoms with E-state index in [2.05, 4.69) is 56.5 Å². The van der Waals surface area contributed by atoms with E-state index in [1.165, 1.54) is 22.0 Å². The van der Waals surface area contributed by atoms with Gasteiger partial charge in [0.1, 0.15) is 12.7 Å². The normalized spacial score (nSPS) is 19.4. The maximum atomic E-state index is 4.15. The quantitative estimate of drug-likeness (QED) is 0.941. The largest absolute Gasteiger partial charge is 0.306 e. The van der Waals surface area contributed by atoms with Gasteiger partial charge in [-0.25, -0.2) is 4.98 Å². The SMILES string of the molecule is CC(Cn1cncn1)NC1CCc2c(Br)cccc21. The van der Waals surface area contributed by atoms with Crippen molar-refractivity contribution in [2.24, 2.45) is 0 Å². The first-order valence-corrected chi connectivity index (χ1v) is 7.39. The highest BCUT2D eigenvalue weighted by Crippen LogP contribution is 2.35. The van der Waals surface area contributed by atoms with Crippen LogP contribution in [0.2, 0.25) is 0 Å². The van der Waals surface area contributed by atoms with Crippen molar-refractivity contribution in [1.82, 2.24) is 20.1 Å². The fraction of sp³-hybridized carbons (Fsp3) is 0.429. The van der Waals surface area contributed by atoms with Crippen molar-refractivity contribution in [2.75, 3.05) is 0 Å². The van der Waals surface area contributed by atoms with E-state index in [0.717, 1.165) is 13.0 Å². The summed E-state index contributed by atoms with van der Waals surface area (Å²) in [6, 6.07) is 7.29. The van der Waals surface area contributed by atoms with Crippen molar-refractivity contribution in [3.8, 4) is 0 Å². The smallest absolute Gasteiger partial charge is 0.137 e. The maximum Gasteiger partial charge on any atom is 0.137 e. The number of nitrogens with one attached hydrogen (secondary N) is 1. The molecule has 3 rings (SSSR count). The zero-order valence-corrected chi connectivity index (χ0v) is 12.5. The Labute approximate surface area is 121 Å². The molecule has 2 unspecified atom stereocenters. The van der Waals surface area contributed by atoms with E-state index in [1.807, 2.05) is 4.68 Å². The van der Waals surface area contributed by atoms with Gasteiger partial charge in [0.15, 0.2) is 0 Å². The average Bonchev–Trinajstić information content (AvgIpc) is 3.01. The number of hydrogen-bond donors (Lipinski definition) is 1. The highest BCUT2D eigenvalue weighted by molar-refractivity contribution is 9.10. The number of benzene rings is 1. The Morgan fingerprint density at radius 2 is 2.42 bits per heavy atom. The predicted molar refractivity (Wildman–Crippen MR) is 77.8 cm³/mol. The Morgan fingerprint density at radius 1 is 1.53 bits per heavy atom. The summed E-state index contributed by atoms with van der Waals surface area (Å²) in [6.45, 7) is 3.04. The van der Waals surface area contributed by atoms with Gasteiger partial charge < -0.3 is 5.32 Å². The number of halogens is 1. The molecule has 0 amide bonds. The van der Waals surface area contributed by atoms with Crippen molar-refractivity contribution in [1.29, 1.82) is 0 Å². The Morgan fingerprint density at radius 3 is 3.21 bits per heavy atom. The average molecular weight is 321 g/mol. The monoisotopic (exact) mass is 320 g/mol. The molecule has 1 aliphatic carbocycles. The summed E-state index contributed by atoms with van der Waals surface area (Å²) in [5.74, 6) is 0. The Balaban J connectivity index is 1.68. The second kappa shape index (κ2) is 5.43. The first-order chi connectivity index (χ1) is 9.24. The van der Waals surface area contributed by atoms with Gasteiger partial charge in [0.05, 0.1) is 6.54 Å². The van der Waals surface area contributed by atoms with E-state index in [9.17, 15) is 0 Å². The van der Waals surface area contributed by atoms with E-state index in [1.54, 1.807) is 12.7 Å². The molecule has 4 nitrogen and oxygen atoms in total. The summed E-state index contributed by atoms with van der Waals surface area (Å²) in [5, 5.41) is 7.84. The molecule has 0 saturated carbocycles. The molecule has 1 aliphatic rings. The molecule has 1 N–H and O–H groups in total. The molecule has 0 bridgehead atoms. The fourth-order valence-electron chi connectivity index (χ4n) is 2.79. The first-order valence-electron chi connectivity index (χ1n) is 6.60. The van der Waals surface area contributed by atoms with Gasteiger partial charge in [-0.05, 0) is 37.0 Å². The third kappa shape index (κ3) is 2.72. The second-order valence-electron chi connectivity index (χ2n) is 5.08. The molecule has 0 radical (unpaired) electrons. The lowest BCUT2D eigenvalue weighted by atomic mass is 10.1. The van der Waals surface area contributed by atoms with Crippen LogP contribution in [0.15, 0.2) is 35.3 Å². The van der Waals surface area contributed by atoms with Crippen LogP contribution in [0.4, 0.5) is 0 Å². The first kappa shape index (κ1) is 12.8. The van der Waals surface area contributed by atoms with Crippen molar-refractivity contribution in [2.45, 2.75) is 38.4 Å². The number of aromatic nitrogens is 3. The van der Waals surface area contributed by atoms with E-state index < -0.39 is 0 Å². The molecule has 0 aliphatic heterocycles. The fourth-order valence-corrected chi connectivity index (χ4v) is 3.37. The number of fused-ring (bicyclic) bond motifs is 1. The Hall–Kier alpha value is -1.20. The van der Waals surface area contributed by atoms with Gasteiger partial charge in [-0.2, -0.15) is 5.10 Å². The molecule has 2 atom stereocenters. The van der Waals surface area contributed by atoms with Crippen LogP contribution >= 0.6 is 15.9 Å².